The monoisotopic (exact) mass is 401 g/mol. The number of furan rings is 1. The lowest BCUT2D eigenvalue weighted by Gasteiger charge is -1.99. The number of benzene rings is 1. The summed E-state index contributed by atoms with van der Waals surface area (Å²) in [6.45, 7) is 3.65. The largest absolute Gasteiger partial charge is 0.454 e. The van der Waals surface area contributed by atoms with E-state index in [-0.39, 0.29) is 17.3 Å². The van der Waals surface area contributed by atoms with Crippen molar-refractivity contribution in [2.24, 2.45) is 5.10 Å². The molecule has 0 saturated carbocycles. The summed E-state index contributed by atoms with van der Waals surface area (Å²) in [5.41, 5.74) is 4.74. The first-order valence-electron chi connectivity index (χ1n) is 8.22. The molecule has 0 aliphatic rings. The Labute approximate surface area is 164 Å². The molecule has 144 valence electrons. The van der Waals surface area contributed by atoms with Crippen LogP contribution in [0.15, 0.2) is 45.9 Å². The minimum absolute atomic E-state index is 0.0277. The van der Waals surface area contributed by atoms with Gasteiger partial charge in [0.2, 0.25) is 0 Å². The number of carbonyl (C=O) groups excluding carboxylic acids is 1. The number of hydrazone groups is 1. The Morgan fingerprint density at radius 1 is 1.36 bits per heavy atom. The normalized spacial score (nSPS) is 11.1. The van der Waals surface area contributed by atoms with E-state index < -0.39 is 16.6 Å². The molecule has 1 amide bonds. The van der Waals surface area contributed by atoms with Crippen molar-refractivity contribution in [1.82, 2.24) is 15.2 Å². The maximum atomic E-state index is 12.1. The van der Waals surface area contributed by atoms with Crippen LogP contribution in [0.5, 0.6) is 0 Å². The second-order valence-electron chi connectivity index (χ2n) is 5.96. The molecule has 0 radical (unpaired) electrons. The summed E-state index contributed by atoms with van der Waals surface area (Å²) in [5.74, 6) is -0.487. The van der Waals surface area contributed by atoms with Gasteiger partial charge in [-0.2, -0.15) is 9.78 Å². The second kappa shape index (κ2) is 8.05. The molecule has 1 N–H and O–H groups in total. The topological polar surface area (TPSA) is 116 Å². The van der Waals surface area contributed by atoms with E-state index >= 15 is 0 Å². The highest BCUT2D eigenvalue weighted by atomic mass is 35.5. The fraction of sp³-hybridized carbons (Fsp3) is 0.167. The van der Waals surface area contributed by atoms with Crippen LogP contribution in [0.4, 0.5) is 5.82 Å². The molecule has 9 nitrogen and oxygen atoms in total. The van der Waals surface area contributed by atoms with Gasteiger partial charge in [-0.25, -0.2) is 5.43 Å². The SMILES string of the molecule is Cc1ccccc1/C=N/NC(=O)c1ccc(Cn2nc([N+](=O)[O-])c(Cl)c2C)o1. The van der Waals surface area contributed by atoms with Crippen molar-refractivity contribution in [2.45, 2.75) is 20.4 Å². The Balaban J connectivity index is 1.67. The van der Waals surface area contributed by atoms with E-state index in [0.717, 1.165) is 11.1 Å². The number of nitro groups is 1. The number of nitrogens with zero attached hydrogens (tertiary/aromatic N) is 4. The molecule has 2 aromatic heterocycles. The van der Waals surface area contributed by atoms with Gasteiger partial charge in [-0.1, -0.05) is 35.9 Å². The number of halogens is 1. The van der Waals surface area contributed by atoms with Gasteiger partial charge in [0.1, 0.15) is 12.3 Å². The van der Waals surface area contributed by atoms with E-state index in [9.17, 15) is 14.9 Å². The van der Waals surface area contributed by atoms with E-state index in [1.807, 2.05) is 31.2 Å². The van der Waals surface area contributed by atoms with Gasteiger partial charge in [-0.05, 0) is 42.0 Å². The average molecular weight is 402 g/mol. The van der Waals surface area contributed by atoms with E-state index in [4.69, 9.17) is 16.0 Å². The standard InChI is InChI=1S/C18H16ClN5O4/c1-11-5-3-4-6-13(11)9-20-21-18(25)15-8-7-14(28-15)10-23-12(2)16(19)17(22-23)24(26)27/h3-9H,10H2,1-2H3,(H,21,25)/b20-9+. The molecule has 0 bridgehead atoms. The molecule has 10 heteroatoms. The van der Waals surface area contributed by atoms with Crippen molar-refractivity contribution in [3.63, 3.8) is 0 Å². The van der Waals surface area contributed by atoms with E-state index in [0.29, 0.717) is 11.5 Å². The van der Waals surface area contributed by atoms with Gasteiger partial charge in [-0.15, -0.1) is 0 Å². The maximum absolute atomic E-state index is 12.1. The van der Waals surface area contributed by atoms with Crippen molar-refractivity contribution >= 4 is 29.5 Å². The first-order chi connectivity index (χ1) is 13.4. The molecule has 0 spiro atoms. The Morgan fingerprint density at radius 2 is 2.11 bits per heavy atom. The van der Waals surface area contributed by atoms with Crippen molar-refractivity contribution in [1.29, 1.82) is 0 Å². The van der Waals surface area contributed by atoms with Gasteiger partial charge in [0.05, 0.1) is 17.0 Å². The maximum Gasteiger partial charge on any atom is 0.408 e. The first-order valence-corrected chi connectivity index (χ1v) is 8.59. The third kappa shape index (κ3) is 4.09. The fourth-order valence-corrected chi connectivity index (χ4v) is 2.66. The zero-order chi connectivity index (χ0) is 20.3. The molecule has 1 aromatic carbocycles. The van der Waals surface area contributed by atoms with Crippen LogP contribution < -0.4 is 5.43 Å². The molecule has 3 rings (SSSR count). The molecule has 0 atom stereocenters. The van der Waals surface area contributed by atoms with Crippen molar-refractivity contribution in [3.8, 4) is 0 Å². The van der Waals surface area contributed by atoms with Crippen LogP contribution in [0.1, 0.15) is 33.1 Å². The number of aromatic nitrogens is 2. The van der Waals surface area contributed by atoms with Crippen LogP contribution >= 0.6 is 11.6 Å². The number of carbonyl (C=O) groups is 1. The third-order valence-corrected chi connectivity index (χ3v) is 4.48. The minimum atomic E-state index is -0.653. The summed E-state index contributed by atoms with van der Waals surface area (Å²) in [6.07, 6.45) is 1.55. The molecule has 0 aliphatic carbocycles. The summed E-state index contributed by atoms with van der Waals surface area (Å²) >= 11 is 5.91. The number of rotatable bonds is 6. The van der Waals surface area contributed by atoms with Crippen molar-refractivity contribution < 1.29 is 14.1 Å². The lowest BCUT2D eigenvalue weighted by molar-refractivity contribution is -0.389. The lowest BCUT2D eigenvalue weighted by Crippen LogP contribution is -2.16. The van der Waals surface area contributed by atoms with Gasteiger partial charge in [0.25, 0.3) is 0 Å². The molecule has 2 heterocycles. The number of amides is 1. The van der Waals surface area contributed by atoms with Crippen molar-refractivity contribution in [3.05, 3.63) is 79.9 Å². The number of hydrogen-bond acceptors (Lipinski definition) is 6. The highest BCUT2D eigenvalue weighted by Gasteiger charge is 2.24. The average Bonchev–Trinajstić information content (AvgIpc) is 3.24. The van der Waals surface area contributed by atoms with E-state index in [2.05, 4.69) is 15.6 Å². The molecule has 0 fully saturated rings. The summed E-state index contributed by atoms with van der Waals surface area (Å²) in [6, 6.07) is 10.7. The third-order valence-electron chi connectivity index (χ3n) is 4.04. The number of nitrogens with one attached hydrogen (secondary N) is 1. The van der Waals surface area contributed by atoms with Crippen molar-refractivity contribution in [2.75, 3.05) is 0 Å². The Kier molecular flexibility index (Phi) is 5.55. The van der Waals surface area contributed by atoms with Gasteiger partial charge in [0, 0.05) is 0 Å². The highest BCUT2D eigenvalue weighted by Crippen LogP contribution is 2.27. The van der Waals surface area contributed by atoms with Crippen LogP contribution in [0, 0.1) is 24.0 Å². The number of aryl methyl sites for hydroxylation is 1. The lowest BCUT2D eigenvalue weighted by atomic mass is 10.1. The summed E-state index contributed by atoms with van der Waals surface area (Å²) < 4.78 is 6.83. The smallest absolute Gasteiger partial charge is 0.408 e. The summed E-state index contributed by atoms with van der Waals surface area (Å²) in [7, 11) is 0. The van der Waals surface area contributed by atoms with Gasteiger partial charge >= 0.3 is 11.7 Å². The predicted molar refractivity (Wildman–Crippen MR) is 103 cm³/mol. The molecule has 0 saturated heterocycles. The van der Waals surface area contributed by atoms with Gasteiger partial charge < -0.3 is 14.5 Å². The summed E-state index contributed by atoms with van der Waals surface area (Å²) in [4.78, 5) is 22.4. The molecular weight excluding hydrogens is 386 g/mol. The molecule has 3 aromatic rings. The van der Waals surface area contributed by atoms with Gasteiger partial charge in [0.15, 0.2) is 10.8 Å². The Hall–Kier alpha value is -3.46. The fourth-order valence-electron chi connectivity index (χ4n) is 2.46. The predicted octanol–water partition coefficient (Wildman–Crippen LogP) is 3.47. The Bertz CT molecular complexity index is 1070. The quantitative estimate of drug-likeness (QED) is 0.385. The van der Waals surface area contributed by atoms with Gasteiger partial charge in [-0.3, -0.25) is 4.79 Å². The zero-order valence-corrected chi connectivity index (χ0v) is 15.8. The minimum Gasteiger partial charge on any atom is -0.454 e. The first kappa shape index (κ1) is 19.3. The molecule has 0 unspecified atom stereocenters. The second-order valence-corrected chi connectivity index (χ2v) is 6.34. The van der Waals surface area contributed by atoms with E-state index in [1.165, 1.54) is 10.7 Å². The van der Waals surface area contributed by atoms with Crippen LogP contribution in [-0.4, -0.2) is 26.8 Å². The summed E-state index contributed by atoms with van der Waals surface area (Å²) in [5, 5.41) is 18.7. The van der Waals surface area contributed by atoms with Crippen LogP contribution in [0.2, 0.25) is 5.02 Å². The van der Waals surface area contributed by atoms with Crippen LogP contribution in [0.25, 0.3) is 0 Å². The van der Waals surface area contributed by atoms with Crippen LogP contribution in [-0.2, 0) is 6.54 Å². The zero-order valence-electron chi connectivity index (χ0n) is 15.0. The van der Waals surface area contributed by atoms with Crippen LogP contribution in [0.3, 0.4) is 0 Å². The number of hydrogen-bond donors (Lipinski definition) is 1. The highest BCUT2D eigenvalue weighted by molar-refractivity contribution is 6.33. The molecule has 28 heavy (non-hydrogen) atoms. The molecule has 0 aliphatic heterocycles. The molecular formula is C18H16ClN5O4. The van der Waals surface area contributed by atoms with E-state index in [1.54, 1.807) is 19.2 Å². The Morgan fingerprint density at radius 3 is 2.79 bits per heavy atom.